The first-order chi connectivity index (χ1) is 22.4. The number of aliphatic hydroxyl groups excluding tert-OH is 2. The van der Waals surface area contributed by atoms with E-state index in [1.54, 1.807) is 6.92 Å². The number of carbonyl (C=O) groups is 4. The molecule has 2 amide bonds. The number of amides is 2. The van der Waals surface area contributed by atoms with E-state index in [0.29, 0.717) is 19.3 Å². The van der Waals surface area contributed by atoms with E-state index in [1.807, 2.05) is 12.2 Å². The van der Waals surface area contributed by atoms with Crippen LogP contribution in [0.15, 0.2) is 85.1 Å². The average molecular weight is 643 g/mol. The number of rotatable bonds is 26. The predicted molar refractivity (Wildman–Crippen MR) is 181 cm³/mol. The molecule has 4 N–H and O–H groups in total. The summed E-state index contributed by atoms with van der Waals surface area (Å²) in [6.45, 7) is 3.01. The Morgan fingerprint density at radius 3 is 1.74 bits per heavy atom. The van der Waals surface area contributed by atoms with Gasteiger partial charge in [-0.3, -0.25) is 9.59 Å². The van der Waals surface area contributed by atoms with Crippen molar-refractivity contribution in [2.45, 2.75) is 90.2 Å². The Balaban J connectivity index is 4.28. The second-order valence-corrected chi connectivity index (χ2v) is 10.0. The highest BCUT2D eigenvalue weighted by atomic mass is 16.6. The van der Waals surface area contributed by atoms with Gasteiger partial charge in [-0.2, -0.15) is 0 Å². The van der Waals surface area contributed by atoms with Crippen molar-refractivity contribution in [2.75, 3.05) is 26.4 Å². The lowest BCUT2D eigenvalue weighted by molar-refractivity contribution is -0.157. The molecule has 0 rings (SSSR count). The molecule has 256 valence electrons. The van der Waals surface area contributed by atoms with Crippen molar-refractivity contribution in [3.8, 4) is 0 Å². The second-order valence-electron chi connectivity index (χ2n) is 10.0. The molecule has 10 heteroatoms. The average Bonchev–Trinajstić information content (AvgIpc) is 3.05. The molecule has 10 nitrogen and oxygen atoms in total. The topological polar surface area (TPSA) is 151 Å². The van der Waals surface area contributed by atoms with E-state index in [0.717, 1.165) is 50.7 Å². The Kier molecular flexibility index (Phi) is 28.3. The van der Waals surface area contributed by atoms with Crippen LogP contribution in [0.1, 0.15) is 78.1 Å². The van der Waals surface area contributed by atoms with Gasteiger partial charge in [0.2, 0.25) is 11.8 Å². The van der Waals surface area contributed by atoms with Crippen molar-refractivity contribution in [3.05, 3.63) is 85.1 Å². The normalized spacial score (nSPS) is 13.0. The molecule has 0 aromatic rings. The van der Waals surface area contributed by atoms with E-state index in [1.165, 1.54) is 0 Å². The summed E-state index contributed by atoms with van der Waals surface area (Å²) in [7, 11) is 0. The molecule has 0 heterocycles. The van der Waals surface area contributed by atoms with Crippen molar-refractivity contribution < 1.29 is 38.9 Å². The van der Waals surface area contributed by atoms with Crippen LogP contribution in [-0.4, -0.2) is 72.5 Å². The zero-order valence-corrected chi connectivity index (χ0v) is 27.5. The molecule has 0 spiro atoms. The van der Waals surface area contributed by atoms with Crippen LogP contribution in [-0.2, 0) is 28.7 Å². The molecule has 0 bridgehead atoms. The number of hydrogen-bond acceptors (Lipinski definition) is 8. The third-order valence-corrected chi connectivity index (χ3v) is 6.07. The Morgan fingerprint density at radius 2 is 1.24 bits per heavy atom. The van der Waals surface area contributed by atoms with Gasteiger partial charge in [0, 0.05) is 25.1 Å². The maximum absolute atomic E-state index is 12.5. The fourth-order valence-electron chi connectivity index (χ4n) is 3.66. The lowest BCUT2D eigenvalue weighted by Crippen LogP contribution is -2.44. The summed E-state index contributed by atoms with van der Waals surface area (Å²) in [6, 6.07) is -1.12. The van der Waals surface area contributed by atoms with Gasteiger partial charge in [-0.15, -0.1) is 0 Å². The number of ether oxygens (including phenoxy) is 2. The highest BCUT2D eigenvalue weighted by molar-refractivity contribution is 5.96. The van der Waals surface area contributed by atoms with Gasteiger partial charge in [-0.05, 0) is 64.7 Å². The van der Waals surface area contributed by atoms with Crippen molar-refractivity contribution in [3.63, 3.8) is 0 Å². The SMILES string of the molecule is CC/C=C\C/C=C\C/C=C\C/C=C\C/C=C\C/C=C\CCC(=O)NCCCC(NC(=O)/C=C/C(=O)OCC)C(=O)OC(CO)CO. The van der Waals surface area contributed by atoms with Gasteiger partial charge in [0.1, 0.15) is 12.1 Å². The van der Waals surface area contributed by atoms with Crippen LogP contribution < -0.4 is 10.6 Å². The van der Waals surface area contributed by atoms with E-state index < -0.39 is 43.2 Å². The number of carbonyl (C=O) groups excluding carboxylic acids is 4. The minimum Gasteiger partial charge on any atom is -0.463 e. The van der Waals surface area contributed by atoms with Crippen LogP contribution in [0.3, 0.4) is 0 Å². The summed E-state index contributed by atoms with van der Waals surface area (Å²) in [5, 5.41) is 23.6. The van der Waals surface area contributed by atoms with Crippen LogP contribution >= 0.6 is 0 Å². The van der Waals surface area contributed by atoms with Crippen LogP contribution in [0.25, 0.3) is 0 Å². The molecule has 0 aliphatic heterocycles. The third-order valence-electron chi connectivity index (χ3n) is 6.07. The molecule has 0 aromatic heterocycles. The summed E-state index contributed by atoms with van der Waals surface area (Å²) >= 11 is 0. The largest absolute Gasteiger partial charge is 0.463 e. The molecular formula is C36H54N2O8. The molecule has 1 atom stereocenters. The van der Waals surface area contributed by atoms with Crippen LogP contribution in [0.2, 0.25) is 0 Å². The molecule has 0 saturated heterocycles. The molecule has 0 fully saturated rings. The van der Waals surface area contributed by atoms with Crippen molar-refractivity contribution in [1.29, 1.82) is 0 Å². The first-order valence-electron chi connectivity index (χ1n) is 16.1. The maximum atomic E-state index is 12.5. The molecular weight excluding hydrogens is 588 g/mol. The number of esters is 2. The fraction of sp³-hybridized carbons (Fsp3) is 0.500. The van der Waals surface area contributed by atoms with Crippen LogP contribution in [0.5, 0.6) is 0 Å². The van der Waals surface area contributed by atoms with Gasteiger partial charge in [0.25, 0.3) is 0 Å². The third kappa shape index (κ3) is 26.4. The molecule has 46 heavy (non-hydrogen) atoms. The molecule has 0 radical (unpaired) electrons. The Morgan fingerprint density at radius 1 is 0.717 bits per heavy atom. The first-order valence-corrected chi connectivity index (χ1v) is 16.1. The molecule has 0 aromatic carbocycles. The summed E-state index contributed by atoms with van der Waals surface area (Å²) < 4.78 is 9.74. The Labute approximate surface area is 274 Å². The van der Waals surface area contributed by atoms with E-state index in [2.05, 4.69) is 78.3 Å². The summed E-state index contributed by atoms with van der Waals surface area (Å²) in [5.74, 6) is -2.42. The zero-order valence-electron chi connectivity index (χ0n) is 27.5. The minimum atomic E-state index is -1.13. The van der Waals surface area contributed by atoms with Crippen molar-refractivity contribution in [2.24, 2.45) is 0 Å². The monoisotopic (exact) mass is 642 g/mol. The highest BCUT2D eigenvalue weighted by Gasteiger charge is 2.24. The molecule has 0 aliphatic rings. The van der Waals surface area contributed by atoms with Gasteiger partial charge in [-0.25, -0.2) is 9.59 Å². The fourth-order valence-corrected chi connectivity index (χ4v) is 3.66. The van der Waals surface area contributed by atoms with Gasteiger partial charge in [0.15, 0.2) is 0 Å². The summed E-state index contributed by atoms with van der Waals surface area (Å²) in [5.41, 5.74) is 0. The first kappa shape index (κ1) is 42.0. The van der Waals surface area contributed by atoms with Gasteiger partial charge in [-0.1, -0.05) is 79.8 Å². The Hall–Kier alpha value is -4.02. The molecule has 0 aliphatic carbocycles. The number of allylic oxidation sites excluding steroid dienone is 12. The van der Waals surface area contributed by atoms with Gasteiger partial charge in [0.05, 0.1) is 19.8 Å². The van der Waals surface area contributed by atoms with Crippen LogP contribution in [0.4, 0.5) is 0 Å². The molecule has 0 saturated carbocycles. The smallest absolute Gasteiger partial charge is 0.330 e. The summed E-state index contributed by atoms with van der Waals surface area (Å²) in [6.07, 6.45) is 33.3. The Bertz CT molecular complexity index is 1050. The lowest BCUT2D eigenvalue weighted by Gasteiger charge is -2.20. The number of aliphatic hydroxyl groups is 2. The minimum absolute atomic E-state index is 0.120. The van der Waals surface area contributed by atoms with Crippen molar-refractivity contribution in [1.82, 2.24) is 10.6 Å². The number of hydrogen-bond donors (Lipinski definition) is 4. The van der Waals surface area contributed by atoms with E-state index in [-0.39, 0.29) is 25.5 Å². The van der Waals surface area contributed by atoms with Gasteiger partial charge >= 0.3 is 11.9 Å². The predicted octanol–water partition coefficient (Wildman–Crippen LogP) is 4.86. The zero-order chi connectivity index (χ0) is 34.1. The lowest BCUT2D eigenvalue weighted by atomic mass is 10.1. The summed E-state index contributed by atoms with van der Waals surface area (Å²) in [4.78, 5) is 48.3. The van der Waals surface area contributed by atoms with Crippen molar-refractivity contribution >= 4 is 23.8 Å². The quantitative estimate of drug-likeness (QED) is 0.0452. The van der Waals surface area contributed by atoms with E-state index >= 15 is 0 Å². The maximum Gasteiger partial charge on any atom is 0.330 e. The standard InChI is InChI=1S/C36H54N2O8/c1-3-5-6-7-8-9-10-11-12-13-14-15-16-17-18-19-20-21-22-25-33(41)37-28-23-24-32(36(44)46-31(29-39)30-40)38-34(42)26-27-35(43)45-4-2/h5-6,8-9,11-12,14-15,17-18,20-21,26-27,31-32,39-40H,3-4,7,10,13,16,19,22-25,28-30H2,1-2H3,(H,37,41)(H,38,42)/b6-5-,9-8-,12-11-,15-14-,18-17-,21-20-,27-26+. The number of nitrogens with one attached hydrogen (secondary N) is 2. The molecule has 1 unspecified atom stereocenters. The van der Waals surface area contributed by atoms with E-state index in [9.17, 15) is 29.4 Å². The van der Waals surface area contributed by atoms with E-state index in [4.69, 9.17) is 9.47 Å². The van der Waals surface area contributed by atoms with Gasteiger partial charge < -0.3 is 30.3 Å². The highest BCUT2D eigenvalue weighted by Crippen LogP contribution is 2.04. The van der Waals surface area contributed by atoms with Crippen LogP contribution in [0, 0.1) is 0 Å². The second kappa shape index (κ2) is 31.0.